The molecular weight excluding hydrogens is 274 g/mol. The number of nitrogens with zero attached hydrogens (tertiary/aromatic N) is 2. The molecule has 1 fully saturated rings. The molecule has 1 heterocycles. The van der Waals surface area contributed by atoms with Crippen molar-refractivity contribution in [1.29, 1.82) is 0 Å². The van der Waals surface area contributed by atoms with E-state index < -0.39 is 0 Å². The molecule has 112 valence electrons. The zero-order valence-electron chi connectivity index (χ0n) is 12.2. The van der Waals surface area contributed by atoms with Crippen molar-refractivity contribution in [1.82, 2.24) is 9.80 Å². The van der Waals surface area contributed by atoms with Crippen molar-refractivity contribution in [3.05, 3.63) is 28.8 Å². The van der Waals surface area contributed by atoms with Gasteiger partial charge in [-0.15, -0.1) is 0 Å². The Morgan fingerprint density at radius 1 is 1.45 bits per heavy atom. The molecule has 0 aromatic heterocycles. The Morgan fingerprint density at radius 2 is 2.20 bits per heavy atom. The summed E-state index contributed by atoms with van der Waals surface area (Å²) in [6.45, 7) is 9.19. The molecule has 1 aliphatic heterocycles. The molecule has 0 amide bonds. The molecule has 0 aliphatic carbocycles. The van der Waals surface area contributed by atoms with Crippen LogP contribution in [0.2, 0.25) is 5.02 Å². The molecule has 5 heteroatoms. The summed E-state index contributed by atoms with van der Waals surface area (Å²) in [5, 5.41) is 9.92. The molecule has 1 aromatic carbocycles. The first-order valence-corrected chi connectivity index (χ1v) is 7.61. The van der Waals surface area contributed by atoms with Crippen LogP contribution in [-0.4, -0.2) is 53.7 Å². The smallest absolute Gasteiger partial charge is 0.134 e. The van der Waals surface area contributed by atoms with E-state index in [2.05, 4.69) is 23.6 Å². The summed E-state index contributed by atoms with van der Waals surface area (Å²) in [7, 11) is 0. The van der Waals surface area contributed by atoms with Crippen LogP contribution in [-0.2, 0) is 0 Å². The maximum atomic E-state index is 9.53. The summed E-state index contributed by atoms with van der Waals surface area (Å²) in [5.41, 5.74) is 7.05. The number of halogens is 1. The topological polar surface area (TPSA) is 52.7 Å². The Hall–Kier alpha value is -0.810. The predicted molar refractivity (Wildman–Crippen MR) is 83.2 cm³/mol. The maximum absolute atomic E-state index is 9.53. The summed E-state index contributed by atoms with van der Waals surface area (Å²) in [4.78, 5) is 4.90. The van der Waals surface area contributed by atoms with Crippen LogP contribution < -0.4 is 5.73 Å². The first-order chi connectivity index (χ1) is 9.56. The van der Waals surface area contributed by atoms with Crippen molar-refractivity contribution < 1.29 is 5.11 Å². The minimum Gasteiger partial charge on any atom is -0.506 e. The van der Waals surface area contributed by atoms with Gasteiger partial charge in [0.2, 0.25) is 0 Å². The van der Waals surface area contributed by atoms with Crippen LogP contribution in [0.1, 0.15) is 25.5 Å². The van der Waals surface area contributed by atoms with Crippen molar-refractivity contribution >= 4 is 11.6 Å². The quantitative estimate of drug-likeness (QED) is 0.893. The van der Waals surface area contributed by atoms with E-state index in [1.165, 1.54) is 0 Å². The Bertz CT molecular complexity index is 455. The number of phenols is 1. The lowest BCUT2D eigenvalue weighted by molar-refractivity contribution is 0.0606. The van der Waals surface area contributed by atoms with Gasteiger partial charge in [-0.2, -0.15) is 0 Å². The molecule has 1 saturated heterocycles. The molecular formula is C15H24ClN3O. The Kier molecular flexibility index (Phi) is 5.27. The van der Waals surface area contributed by atoms with Gasteiger partial charge in [0, 0.05) is 38.3 Å². The van der Waals surface area contributed by atoms with E-state index in [9.17, 15) is 5.11 Å². The third-order valence-corrected chi connectivity index (χ3v) is 4.53. The van der Waals surface area contributed by atoms with Crippen LogP contribution in [0, 0.1) is 0 Å². The lowest BCUT2D eigenvalue weighted by Gasteiger charge is -2.42. The van der Waals surface area contributed by atoms with Crippen molar-refractivity contribution in [2.45, 2.75) is 25.9 Å². The molecule has 0 radical (unpaired) electrons. The Morgan fingerprint density at radius 3 is 2.75 bits per heavy atom. The number of phenolic OH excluding ortho intramolecular Hbond substituents is 1. The van der Waals surface area contributed by atoms with Gasteiger partial charge in [-0.3, -0.25) is 9.80 Å². The minimum atomic E-state index is 0.121. The number of likely N-dealkylation sites (N-methyl/N-ethyl adjacent to an activating group) is 1. The van der Waals surface area contributed by atoms with Gasteiger partial charge in [0.1, 0.15) is 5.75 Å². The standard InChI is InChI=1S/C15H24ClN3O/c1-3-18-6-7-19(10-11(18)2)14(9-17)12-4-5-15(20)13(16)8-12/h4-5,8,11,14,20H,3,6-7,9-10,17H2,1-2H3. The predicted octanol–water partition coefficient (Wildman–Crippen LogP) is 2.07. The fraction of sp³-hybridized carbons (Fsp3) is 0.600. The van der Waals surface area contributed by atoms with Crippen LogP contribution in [0.15, 0.2) is 18.2 Å². The number of aromatic hydroxyl groups is 1. The van der Waals surface area contributed by atoms with Gasteiger partial charge < -0.3 is 10.8 Å². The SMILES string of the molecule is CCN1CCN(C(CN)c2ccc(O)c(Cl)c2)CC1C. The third-order valence-electron chi connectivity index (χ3n) is 4.22. The molecule has 2 rings (SSSR count). The van der Waals surface area contributed by atoms with E-state index in [-0.39, 0.29) is 11.8 Å². The maximum Gasteiger partial charge on any atom is 0.134 e. The van der Waals surface area contributed by atoms with Crippen LogP contribution in [0.25, 0.3) is 0 Å². The van der Waals surface area contributed by atoms with Gasteiger partial charge in [-0.25, -0.2) is 0 Å². The summed E-state index contributed by atoms with van der Waals surface area (Å²) in [5.74, 6) is 0.121. The van der Waals surface area contributed by atoms with E-state index in [1.807, 2.05) is 12.1 Å². The zero-order chi connectivity index (χ0) is 14.7. The van der Waals surface area contributed by atoms with Crippen molar-refractivity contribution in [3.63, 3.8) is 0 Å². The van der Waals surface area contributed by atoms with E-state index in [0.717, 1.165) is 31.7 Å². The van der Waals surface area contributed by atoms with Crippen LogP contribution in [0.4, 0.5) is 0 Å². The lowest BCUT2D eigenvalue weighted by Crippen LogP contribution is -2.53. The van der Waals surface area contributed by atoms with E-state index >= 15 is 0 Å². The minimum absolute atomic E-state index is 0.121. The van der Waals surface area contributed by atoms with Gasteiger partial charge in [0.25, 0.3) is 0 Å². The van der Waals surface area contributed by atoms with E-state index in [4.69, 9.17) is 17.3 Å². The molecule has 2 unspecified atom stereocenters. The fourth-order valence-corrected chi connectivity index (χ4v) is 3.19. The zero-order valence-corrected chi connectivity index (χ0v) is 13.0. The van der Waals surface area contributed by atoms with Crippen molar-refractivity contribution in [2.75, 3.05) is 32.7 Å². The number of rotatable bonds is 4. The second kappa shape index (κ2) is 6.76. The van der Waals surface area contributed by atoms with Crippen LogP contribution in [0.3, 0.4) is 0 Å². The molecule has 3 N–H and O–H groups in total. The summed E-state index contributed by atoms with van der Waals surface area (Å²) >= 11 is 6.01. The van der Waals surface area contributed by atoms with Crippen LogP contribution >= 0.6 is 11.6 Å². The summed E-state index contributed by atoms with van der Waals surface area (Å²) in [6, 6.07) is 6.08. The highest BCUT2D eigenvalue weighted by Gasteiger charge is 2.28. The van der Waals surface area contributed by atoms with Gasteiger partial charge in [-0.1, -0.05) is 24.6 Å². The lowest BCUT2D eigenvalue weighted by atomic mass is 10.0. The average Bonchev–Trinajstić information content (AvgIpc) is 2.44. The van der Waals surface area contributed by atoms with Crippen LogP contribution in [0.5, 0.6) is 5.75 Å². The summed E-state index contributed by atoms with van der Waals surface area (Å²) < 4.78 is 0. The van der Waals surface area contributed by atoms with Crippen molar-refractivity contribution in [3.8, 4) is 5.75 Å². The molecule has 0 saturated carbocycles. The molecule has 1 aliphatic rings. The second-order valence-corrected chi connectivity index (χ2v) is 5.84. The molecule has 20 heavy (non-hydrogen) atoms. The average molecular weight is 298 g/mol. The molecule has 1 aromatic rings. The first-order valence-electron chi connectivity index (χ1n) is 7.23. The largest absolute Gasteiger partial charge is 0.506 e. The molecule has 4 nitrogen and oxygen atoms in total. The molecule has 0 spiro atoms. The second-order valence-electron chi connectivity index (χ2n) is 5.43. The molecule has 2 atom stereocenters. The van der Waals surface area contributed by atoms with Gasteiger partial charge in [0.15, 0.2) is 0 Å². The van der Waals surface area contributed by atoms with Gasteiger partial charge >= 0.3 is 0 Å². The van der Waals surface area contributed by atoms with Gasteiger partial charge in [0.05, 0.1) is 5.02 Å². The number of benzene rings is 1. The highest BCUT2D eigenvalue weighted by molar-refractivity contribution is 6.32. The number of nitrogens with two attached hydrogens (primary N) is 1. The summed E-state index contributed by atoms with van der Waals surface area (Å²) in [6.07, 6.45) is 0. The number of piperazine rings is 1. The third kappa shape index (κ3) is 3.26. The highest BCUT2D eigenvalue weighted by Crippen LogP contribution is 2.29. The van der Waals surface area contributed by atoms with E-state index in [0.29, 0.717) is 17.6 Å². The molecule has 0 bridgehead atoms. The monoisotopic (exact) mass is 297 g/mol. The van der Waals surface area contributed by atoms with Gasteiger partial charge in [-0.05, 0) is 31.2 Å². The number of hydrogen-bond acceptors (Lipinski definition) is 4. The number of hydrogen-bond donors (Lipinski definition) is 2. The fourth-order valence-electron chi connectivity index (χ4n) is 3.00. The Balaban J connectivity index is 2.14. The normalized spacial score (nSPS) is 22.9. The highest BCUT2D eigenvalue weighted by atomic mass is 35.5. The van der Waals surface area contributed by atoms with E-state index in [1.54, 1.807) is 6.07 Å². The van der Waals surface area contributed by atoms with Crippen molar-refractivity contribution in [2.24, 2.45) is 5.73 Å². The Labute approximate surface area is 126 Å². The first kappa shape index (κ1) is 15.6.